The second-order valence-electron chi connectivity index (χ2n) is 8.57. The fourth-order valence-electron chi connectivity index (χ4n) is 5.05. The zero-order chi connectivity index (χ0) is 17.4. The molecule has 2 aliphatic rings. The minimum absolute atomic E-state index is 0.0244. The van der Waals surface area contributed by atoms with E-state index in [9.17, 15) is 0 Å². The van der Waals surface area contributed by atoms with Gasteiger partial charge in [0.1, 0.15) is 0 Å². The summed E-state index contributed by atoms with van der Waals surface area (Å²) >= 11 is 0. The van der Waals surface area contributed by atoms with Gasteiger partial charge in [0, 0.05) is 12.1 Å². The van der Waals surface area contributed by atoms with Gasteiger partial charge in [0.25, 0.3) is 0 Å². The molecule has 2 atom stereocenters. The summed E-state index contributed by atoms with van der Waals surface area (Å²) in [5.74, 6) is 0. The predicted octanol–water partition coefficient (Wildman–Crippen LogP) is 3.94. The standard InChI is InChI=1S/C20H44N2Si2/c1-5-17(3)21(19-13-9-7-10-14-19)23-24-22(18(4)6-2)20-15-11-8-12-16-20/h17-20H,5-16,23-24H2,1-4H3. The maximum atomic E-state index is 3.09. The van der Waals surface area contributed by atoms with Crippen LogP contribution in [0.1, 0.15) is 105 Å². The molecular weight excluding hydrogens is 324 g/mol. The van der Waals surface area contributed by atoms with Gasteiger partial charge in [-0.15, -0.1) is 0 Å². The van der Waals surface area contributed by atoms with Crippen LogP contribution in [0.5, 0.6) is 0 Å². The Labute approximate surface area is 156 Å². The van der Waals surface area contributed by atoms with E-state index in [2.05, 4.69) is 36.8 Å². The maximum absolute atomic E-state index is 3.09. The average molecular weight is 369 g/mol. The highest BCUT2D eigenvalue weighted by Gasteiger charge is 2.28. The Morgan fingerprint density at radius 1 is 0.667 bits per heavy atom. The van der Waals surface area contributed by atoms with Crippen molar-refractivity contribution in [1.82, 2.24) is 9.13 Å². The lowest BCUT2D eigenvalue weighted by atomic mass is 9.95. The third kappa shape index (κ3) is 5.96. The predicted molar refractivity (Wildman–Crippen MR) is 114 cm³/mol. The van der Waals surface area contributed by atoms with Crippen molar-refractivity contribution in [3.05, 3.63) is 0 Å². The zero-order valence-electron chi connectivity index (χ0n) is 17.1. The topological polar surface area (TPSA) is 6.48 Å². The highest BCUT2D eigenvalue weighted by atomic mass is 29.2. The summed E-state index contributed by atoms with van der Waals surface area (Å²) in [5, 5.41) is 0. The Hall–Kier alpha value is 0.354. The zero-order valence-corrected chi connectivity index (χ0v) is 19.9. The molecule has 0 aromatic heterocycles. The first-order valence-electron chi connectivity index (χ1n) is 11.2. The van der Waals surface area contributed by atoms with Crippen molar-refractivity contribution in [1.29, 1.82) is 0 Å². The molecule has 0 aliphatic heterocycles. The SMILES string of the molecule is CCC(C)N([SiH2][SiH2]N(C(C)CC)C1CCCCC1)C1CCCCC1. The molecule has 2 saturated carbocycles. The first-order chi connectivity index (χ1) is 11.7. The average Bonchev–Trinajstić information content (AvgIpc) is 2.65. The van der Waals surface area contributed by atoms with Crippen molar-refractivity contribution in [2.75, 3.05) is 0 Å². The van der Waals surface area contributed by atoms with E-state index in [1.165, 1.54) is 77.0 Å². The van der Waals surface area contributed by atoms with Gasteiger partial charge in [-0.25, -0.2) is 0 Å². The molecule has 0 radical (unpaired) electrons. The molecule has 0 N–H and O–H groups in total. The Balaban J connectivity index is 1.97. The number of nitrogens with zero attached hydrogens (tertiary/aromatic N) is 2. The van der Waals surface area contributed by atoms with Crippen molar-refractivity contribution in [2.24, 2.45) is 0 Å². The van der Waals surface area contributed by atoms with Crippen LogP contribution in [-0.2, 0) is 0 Å². The van der Waals surface area contributed by atoms with Gasteiger partial charge in [-0.1, -0.05) is 66.2 Å². The van der Waals surface area contributed by atoms with E-state index >= 15 is 0 Å². The second-order valence-corrected chi connectivity index (χ2v) is 13.6. The summed E-state index contributed by atoms with van der Waals surface area (Å²) in [4.78, 5) is 0. The van der Waals surface area contributed by atoms with Crippen LogP contribution in [0.2, 0.25) is 0 Å². The molecular formula is C20H44N2Si2. The molecule has 2 fully saturated rings. The molecule has 142 valence electrons. The molecule has 0 bridgehead atoms. The van der Waals surface area contributed by atoms with Crippen molar-refractivity contribution < 1.29 is 0 Å². The van der Waals surface area contributed by atoms with Crippen LogP contribution in [-0.4, -0.2) is 51.7 Å². The summed E-state index contributed by atoms with van der Waals surface area (Å²) in [6, 6.07) is 3.60. The van der Waals surface area contributed by atoms with Crippen LogP contribution in [0.4, 0.5) is 0 Å². The quantitative estimate of drug-likeness (QED) is 0.569. The molecule has 0 spiro atoms. The summed E-state index contributed by atoms with van der Waals surface area (Å²) in [7, 11) is -0.0488. The summed E-state index contributed by atoms with van der Waals surface area (Å²) < 4.78 is 6.17. The van der Waals surface area contributed by atoms with Crippen molar-refractivity contribution >= 4 is 18.4 Å². The van der Waals surface area contributed by atoms with E-state index in [1.807, 2.05) is 0 Å². The molecule has 4 heteroatoms. The van der Waals surface area contributed by atoms with Crippen LogP contribution in [0.25, 0.3) is 0 Å². The van der Waals surface area contributed by atoms with E-state index in [0.717, 1.165) is 24.2 Å². The normalized spacial score (nSPS) is 24.8. The van der Waals surface area contributed by atoms with Gasteiger partial charge < -0.3 is 9.13 Å². The van der Waals surface area contributed by atoms with Crippen LogP contribution in [0.15, 0.2) is 0 Å². The van der Waals surface area contributed by atoms with E-state index in [-0.39, 0.29) is 18.4 Å². The molecule has 2 nitrogen and oxygen atoms in total. The first-order valence-corrected chi connectivity index (χ1v) is 16.4. The van der Waals surface area contributed by atoms with Gasteiger partial charge in [-0.2, -0.15) is 0 Å². The van der Waals surface area contributed by atoms with E-state index in [4.69, 9.17) is 0 Å². The van der Waals surface area contributed by atoms with Gasteiger partial charge >= 0.3 is 0 Å². The molecule has 2 rings (SSSR count). The van der Waals surface area contributed by atoms with Crippen molar-refractivity contribution in [3.8, 4) is 0 Å². The van der Waals surface area contributed by atoms with E-state index in [0.29, 0.717) is 0 Å². The smallest absolute Gasteiger partial charge is 0.0975 e. The molecule has 0 amide bonds. The van der Waals surface area contributed by atoms with Gasteiger partial charge in [-0.3, -0.25) is 0 Å². The molecule has 0 aromatic rings. The summed E-state index contributed by atoms with van der Waals surface area (Å²) in [6.45, 7) is 9.85. The van der Waals surface area contributed by atoms with Gasteiger partial charge in [0.2, 0.25) is 0 Å². The van der Waals surface area contributed by atoms with Gasteiger partial charge in [-0.05, 0) is 50.6 Å². The Bertz CT molecular complexity index is 296. The molecule has 2 aliphatic carbocycles. The maximum Gasteiger partial charge on any atom is 0.0975 e. The molecule has 24 heavy (non-hydrogen) atoms. The largest absolute Gasteiger partial charge is 0.325 e. The van der Waals surface area contributed by atoms with Crippen molar-refractivity contribution in [2.45, 2.75) is 129 Å². The highest BCUT2D eigenvalue weighted by molar-refractivity contribution is 6.97. The van der Waals surface area contributed by atoms with Crippen LogP contribution < -0.4 is 0 Å². The Morgan fingerprint density at radius 3 is 1.29 bits per heavy atom. The summed E-state index contributed by atoms with van der Waals surface area (Å²) in [5.41, 5.74) is 0. The second kappa shape index (κ2) is 11.1. The lowest BCUT2D eigenvalue weighted by Gasteiger charge is -2.43. The monoisotopic (exact) mass is 368 g/mol. The third-order valence-electron chi connectivity index (χ3n) is 7.02. The highest BCUT2D eigenvalue weighted by Crippen LogP contribution is 2.26. The minimum atomic E-state index is -0.0244. The van der Waals surface area contributed by atoms with Gasteiger partial charge in [0.15, 0.2) is 0 Å². The molecule has 2 unspecified atom stereocenters. The van der Waals surface area contributed by atoms with Crippen LogP contribution in [0, 0.1) is 0 Å². The van der Waals surface area contributed by atoms with Crippen LogP contribution >= 0.6 is 0 Å². The fourth-order valence-corrected chi connectivity index (χ4v) is 14.6. The third-order valence-corrected chi connectivity index (χ3v) is 14.2. The van der Waals surface area contributed by atoms with Crippen molar-refractivity contribution in [3.63, 3.8) is 0 Å². The first kappa shape index (κ1) is 20.7. The molecule has 0 saturated heterocycles. The molecule has 0 heterocycles. The Morgan fingerprint density at radius 2 is 1.00 bits per heavy atom. The minimum Gasteiger partial charge on any atom is -0.325 e. The number of hydrogen-bond acceptors (Lipinski definition) is 2. The van der Waals surface area contributed by atoms with Crippen LogP contribution in [0.3, 0.4) is 0 Å². The lowest BCUT2D eigenvalue weighted by molar-refractivity contribution is 0.202. The fraction of sp³-hybridized carbons (Fsp3) is 1.00. The molecule has 0 aromatic carbocycles. The number of rotatable bonds is 9. The van der Waals surface area contributed by atoms with E-state index < -0.39 is 0 Å². The Kier molecular flexibility index (Phi) is 9.60. The summed E-state index contributed by atoms with van der Waals surface area (Å²) in [6.07, 6.45) is 17.6. The van der Waals surface area contributed by atoms with Gasteiger partial charge in [0.05, 0.1) is 18.4 Å². The van der Waals surface area contributed by atoms with E-state index in [1.54, 1.807) is 0 Å². The lowest BCUT2D eigenvalue weighted by Crippen LogP contribution is -2.54. The number of hydrogen-bond donors (Lipinski definition) is 0.